The predicted molar refractivity (Wildman–Crippen MR) is 158 cm³/mol. The van der Waals surface area contributed by atoms with Gasteiger partial charge in [-0.2, -0.15) is 0 Å². The Morgan fingerprint density at radius 2 is 1.35 bits per heavy atom. The number of carbonyl (C=O) groups is 1. The molecule has 0 aliphatic carbocycles. The summed E-state index contributed by atoms with van der Waals surface area (Å²) in [4.78, 5) is 11.6. The number of hydrogen-bond donors (Lipinski definition) is 1. The first-order valence-corrected chi connectivity index (χ1v) is 16.4. The second-order valence-electron chi connectivity index (χ2n) is 9.05. The molecule has 0 aliphatic rings. The van der Waals surface area contributed by atoms with Gasteiger partial charge in [0.25, 0.3) is 0 Å². The van der Waals surface area contributed by atoms with Crippen LogP contribution in [0.15, 0.2) is 112 Å². The van der Waals surface area contributed by atoms with E-state index in [1.165, 1.54) is 0 Å². The minimum atomic E-state index is -0.336. The van der Waals surface area contributed by atoms with Crippen molar-refractivity contribution in [2.45, 2.75) is 18.5 Å². The van der Waals surface area contributed by atoms with Crippen LogP contribution in [0.25, 0.3) is 21.9 Å². The Kier molecular flexibility index (Phi) is 7.94. The van der Waals surface area contributed by atoms with E-state index >= 15 is 0 Å². The standard InChI is InChI=1S/C32H25NO5Se2/c33-29(34)20-39-32-31(26-17-25(12-14-28(26)38-32)36-19-22-9-5-2-6-10-22)40-30-16-23-15-24(11-13-27(23)37-30)35-18-21-7-3-1-4-8-21/h1-17H,18-20H2,(H2,33,34). The fraction of sp³-hybridized carbons (Fsp3) is 0.0938. The number of hydrogen-bond acceptors (Lipinski definition) is 5. The first-order valence-electron chi connectivity index (χ1n) is 12.6. The fourth-order valence-electron chi connectivity index (χ4n) is 4.17. The zero-order valence-corrected chi connectivity index (χ0v) is 24.8. The van der Waals surface area contributed by atoms with Crippen LogP contribution >= 0.6 is 0 Å². The zero-order chi connectivity index (χ0) is 27.3. The average Bonchev–Trinajstić information content (AvgIpc) is 3.55. The van der Waals surface area contributed by atoms with Gasteiger partial charge in [0.05, 0.1) is 0 Å². The Bertz CT molecular complexity index is 1760. The molecule has 0 fully saturated rings. The first kappa shape index (κ1) is 26.3. The van der Waals surface area contributed by atoms with Crippen molar-refractivity contribution in [2.75, 3.05) is 0 Å². The number of furan rings is 2. The van der Waals surface area contributed by atoms with Crippen LogP contribution < -0.4 is 29.0 Å². The molecule has 8 heteroatoms. The van der Waals surface area contributed by atoms with Crippen LogP contribution in [-0.4, -0.2) is 35.8 Å². The van der Waals surface area contributed by atoms with Gasteiger partial charge in [0.15, 0.2) is 0 Å². The Morgan fingerprint density at radius 1 is 0.725 bits per heavy atom. The number of carbonyl (C=O) groups excluding carboxylic acids is 1. The fourth-order valence-corrected chi connectivity index (χ4v) is 8.57. The van der Waals surface area contributed by atoms with E-state index in [-0.39, 0.29) is 41.1 Å². The van der Waals surface area contributed by atoms with Crippen molar-refractivity contribution in [3.8, 4) is 11.5 Å². The summed E-state index contributed by atoms with van der Waals surface area (Å²) in [6, 6.07) is 33.9. The van der Waals surface area contributed by atoms with Crippen molar-refractivity contribution in [3.05, 3.63) is 114 Å². The summed E-state index contributed by atoms with van der Waals surface area (Å²) in [7, 11) is 0. The van der Waals surface area contributed by atoms with E-state index in [4.69, 9.17) is 24.0 Å². The Morgan fingerprint density at radius 3 is 2.00 bits per heavy atom. The molecule has 0 unspecified atom stereocenters. The number of fused-ring (bicyclic) bond motifs is 2. The molecule has 0 radical (unpaired) electrons. The summed E-state index contributed by atoms with van der Waals surface area (Å²) in [5.74, 6) is 1.21. The van der Waals surface area contributed by atoms with Crippen LogP contribution in [0.3, 0.4) is 0 Å². The maximum atomic E-state index is 11.6. The molecule has 0 spiro atoms. The Balaban J connectivity index is 1.26. The molecule has 6 nitrogen and oxygen atoms in total. The quantitative estimate of drug-likeness (QED) is 0.210. The second kappa shape index (κ2) is 12.1. The SMILES string of the molecule is NC(=O)C[Se]c1oc2ccc(OCc3ccccc3)cc2c1[Se]c1cc2cc(OCc3ccccc3)ccc2o1. The van der Waals surface area contributed by atoms with Gasteiger partial charge >= 0.3 is 245 Å². The summed E-state index contributed by atoms with van der Waals surface area (Å²) < 4.78 is 27.3. The molecule has 2 heterocycles. The van der Waals surface area contributed by atoms with Crippen LogP contribution in [-0.2, 0) is 18.0 Å². The van der Waals surface area contributed by atoms with Gasteiger partial charge in [-0.1, -0.05) is 0 Å². The van der Waals surface area contributed by atoms with Crippen LogP contribution in [0.1, 0.15) is 11.1 Å². The Hall–Kier alpha value is -3.93. The van der Waals surface area contributed by atoms with Crippen LogP contribution in [0.5, 0.6) is 11.5 Å². The average molecular weight is 661 g/mol. The van der Waals surface area contributed by atoms with E-state index < -0.39 is 0 Å². The summed E-state index contributed by atoms with van der Waals surface area (Å²) >= 11 is -0.431. The molecular weight excluding hydrogens is 636 g/mol. The van der Waals surface area contributed by atoms with Crippen LogP contribution in [0, 0.1) is 0 Å². The summed E-state index contributed by atoms with van der Waals surface area (Å²) in [5, 5.41) is 2.22. The van der Waals surface area contributed by atoms with Gasteiger partial charge in [0, 0.05) is 0 Å². The molecule has 0 saturated heterocycles. The molecule has 0 aliphatic heterocycles. The zero-order valence-electron chi connectivity index (χ0n) is 21.4. The number of primary amides is 1. The third-order valence-corrected chi connectivity index (χ3v) is 10.9. The van der Waals surface area contributed by atoms with Crippen LogP contribution in [0.4, 0.5) is 0 Å². The van der Waals surface area contributed by atoms with E-state index in [0.717, 1.165) is 58.3 Å². The number of benzene rings is 4. The van der Waals surface area contributed by atoms with Crippen molar-refractivity contribution in [3.63, 3.8) is 0 Å². The molecule has 200 valence electrons. The molecule has 6 aromatic rings. The first-order chi connectivity index (χ1) is 19.6. The molecule has 0 saturated carbocycles. The van der Waals surface area contributed by atoms with E-state index in [0.29, 0.717) is 13.2 Å². The van der Waals surface area contributed by atoms with Gasteiger partial charge in [-0.3, -0.25) is 0 Å². The van der Waals surface area contributed by atoms with Gasteiger partial charge in [-0.25, -0.2) is 0 Å². The van der Waals surface area contributed by atoms with Crippen molar-refractivity contribution < 1.29 is 23.1 Å². The topological polar surface area (TPSA) is 87.8 Å². The number of ether oxygens (including phenoxy) is 2. The van der Waals surface area contributed by atoms with Gasteiger partial charge in [-0.05, 0) is 0 Å². The predicted octanol–water partition coefficient (Wildman–Crippen LogP) is 4.23. The minimum absolute atomic E-state index is 0.206. The Labute approximate surface area is 243 Å². The van der Waals surface area contributed by atoms with E-state index in [9.17, 15) is 4.79 Å². The number of nitrogens with two attached hydrogens (primary N) is 1. The molecule has 6 rings (SSSR count). The summed E-state index contributed by atoms with van der Waals surface area (Å²) in [5.41, 5.74) is 9.24. The third kappa shape index (κ3) is 6.27. The molecule has 0 bridgehead atoms. The maximum absolute atomic E-state index is 11.6. The van der Waals surface area contributed by atoms with Crippen molar-refractivity contribution in [1.29, 1.82) is 0 Å². The molecular formula is C32H25NO5Se2. The molecule has 2 aromatic heterocycles. The number of amides is 1. The van der Waals surface area contributed by atoms with Crippen molar-refractivity contribution in [1.82, 2.24) is 0 Å². The van der Waals surface area contributed by atoms with E-state index in [1.54, 1.807) is 0 Å². The molecule has 40 heavy (non-hydrogen) atoms. The molecule has 0 atom stereocenters. The van der Waals surface area contributed by atoms with Gasteiger partial charge in [0.2, 0.25) is 0 Å². The summed E-state index contributed by atoms with van der Waals surface area (Å²) in [6.07, 6.45) is 0. The van der Waals surface area contributed by atoms with Gasteiger partial charge < -0.3 is 0 Å². The normalized spacial score (nSPS) is 11.2. The van der Waals surface area contributed by atoms with Crippen LogP contribution in [0.2, 0.25) is 5.32 Å². The molecule has 2 N–H and O–H groups in total. The molecule has 4 aromatic carbocycles. The van der Waals surface area contributed by atoms with Gasteiger partial charge in [0.1, 0.15) is 0 Å². The van der Waals surface area contributed by atoms with Crippen molar-refractivity contribution in [2.24, 2.45) is 5.73 Å². The van der Waals surface area contributed by atoms with Gasteiger partial charge in [-0.15, -0.1) is 0 Å². The monoisotopic (exact) mass is 663 g/mol. The number of rotatable bonds is 11. The summed E-state index contributed by atoms with van der Waals surface area (Å²) in [6.45, 7) is 0.976. The molecule has 1 amide bonds. The van der Waals surface area contributed by atoms with Crippen molar-refractivity contribution >= 4 is 71.5 Å². The third-order valence-electron chi connectivity index (χ3n) is 6.09. The van der Waals surface area contributed by atoms with E-state index in [2.05, 4.69) is 6.07 Å². The van der Waals surface area contributed by atoms with E-state index in [1.807, 2.05) is 97.1 Å². The second-order valence-corrected chi connectivity index (χ2v) is 13.2.